The third kappa shape index (κ3) is 3.93. The van der Waals surface area contributed by atoms with Crippen LogP contribution < -0.4 is 5.48 Å². The molecule has 1 aromatic heterocycles. The van der Waals surface area contributed by atoms with Gasteiger partial charge in [-0.15, -0.1) is 0 Å². The summed E-state index contributed by atoms with van der Waals surface area (Å²) in [5.74, 6) is -1.03. The first-order valence-corrected chi connectivity index (χ1v) is 9.83. The summed E-state index contributed by atoms with van der Waals surface area (Å²) in [6, 6.07) is 11.9. The molecule has 0 aliphatic carbocycles. The van der Waals surface area contributed by atoms with Crippen molar-refractivity contribution in [3.05, 3.63) is 59.9 Å². The Hall–Kier alpha value is -2.12. The Bertz CT molecular complexity index is 786. The number of benzene rings is 1. The van der Waals surface area contributed by atoms with E-state index in [2.05, 4.69) is 4.98 Å². The van der Waals surface area contributed by atoms with Crippen molar-refractivity contribution in [1.29, 1.82) is 0 Å². The predicted molar refractivity (Wildman–Crippen MR) is 95.5 cm³/mol. The van der Waals surface area contributed by atoms with E-state index in [1.165, 1.54) is 0 Å². The molecule has 0 bridgehead atoms. The van der Waals surface area contributed by atoms with Gasteiger partial charge in [0.2, 0.25) is 0 Å². The molecule has 0 spiro atoms. The van der Waals surface area contributed by atoms with Crippen LogP contribution in [0.2, 0.25) is 0 Å². The summed E-state index contributed by atoms with van der Waals surface area (Å²) in [5, 5.41) is 9.29. The SMILES string of the molecule is CC(C)CCC(C(=O)NO)(c1ccc[nH]1)S(=O)(=O)Cc1ccccc1. The van der Waals surface area contributed by atoms with Crippen molar-refractivity contribution >= 4 is 15.7 Å². The first kappa shape index (κ1) is 19.2. The van der Waals surface area contributed by atoms with Crippen LogP contribution >= 0.6 is 0 Å². The van der Waals surface area contributed by atoms with Crippen LogP contribution in [0.3, 0.4) is 0 Å². The summed E-state index contributed by atoms with van der Waals surface area (Å²) in [6.45, 7) is 3.92. The fraction of sp³-hybridized carbons (Fsp3) is 0.389. The van der Waals surface area contributed by atoms with Gasteiger partial charge in [0, 0.05) is 11.9 Å². The minimum atomic E-state index is -3.97. The Balaban J connectivity index is 2.57. The minimum Gasteiger partial charge on any atom is -0.363 e. The number of aromatic nitrogens is 1. The van der Waals surface area contributed by atoms with Gasteiger partial charge in [0.1, 0.15) is 0 Å². The highest BCUT2D eigenvalue weighted by Crippen LogP contribution is 2.38. The predicted octanol–water partition coefficient (Wildman–Crippen LogP) is 2.77. The number of rotatable bonds is 8. The standard InChI is InChI=1S/C18H24N2O4S/c1-14(2)10-11-18(17(21)20-22,16-9-6-12-19-16)25(23,24)13-15-7-4-3-5-8-15/h3-9,12,14,19,22H,10-11,13H2,1-2H3,(H,20,21). The van der Waals surface area contributed by atoms with Crippen molar-refractivity contribution in [2.24, 2.45) is 5.92 Å². The quantitative estimate of drug-likeness (QED) is 0.495. The van der Waals surface area contributed by atoms with Crippen molar-refractivity contribution in [1.82, 2.24) is 10.5 Å². The molecular weight excluding hydrogens is 340 g/mol. The van der Waals surface area contributed by atoms with E-state index in [4.69, 9.17) is 0 Å². The third-order valence-electron chi connectivity index (χ3n) is 4.31. The van der Waals surface area contributed by atoms with Crippen molar-refractivity contribution < 1.29 is 18.4 Å². The largest absolute Gasteiger partial charge is 0.363 e. The molecule has 1 heterocycles. The Morgan fingerprint density at radius 3 is 2.40 bits per heavy atom. The molecule has 1 unspecified atom stereocenters. The molecule has 25 heavy (non-hydrogen) atoms. The second-order valence-corrected chi connectivity index (χ2v) is 8.74. The van der Waals surface area contributed by atoms with Gasteiger partial charge in [-0.05, 0) is 36.5 Å². The first-order valence-electron chi connectivity index (χ1n) is 8.18. The average molecular weight is 364 g/mol. The molecule has 0 aliphatic rings. The maximum Gasteiger partial charge on any atom is 0.270 e. The zero-order valence-electron chi connectivity index (χ0n) is 14.4. The van der Waals surface area contributed by atoms with Crippen LogP contribution in [-0.4, -0.2) is 24.5 Å². The van der Waals surface area contributed by atoms with Crippen LogP contribution in [0.25, 0.3) is 0 Å². The summed E-state index contributed by atoms with van der Waals surface area (Å²) in [4.78, 5) is 15.5. The van der Waals surface area contributed by atoms with E-state index in [-0.39, 0.29) is 23.8 Å². The van der Waals surface area contributed by atoms with Crippen molar-refractivity contribution in [3.8, 4) is 0 Å². The zero-order chi connectivity index (χ0) is 18.5. The van der Waals surface area contributed by atoms with E-state index in [1.54, 1.807) is 54.1 Å². The van der Waals surface area contributed by atoms with Gasteiger partial charge in [0.25, 0.3) is 5.91 Å². The van der Waals surface area contributed by atoms with Crippen LogP contribution in [0, 0.1) is 5.92 Å². The van der Waals surface area contributed by atoms with Gasteiger partial charge in [0.15, 0.2) is 14.6 Å². The van der Waals surface area contributed by atoms with E-state index in [0.29, 0.717) is 12.0 Å². The number of hydrogen-bond donors (Lipinski definition) is 3. The van der Waals surface area contributed by atoms with Gasteiger partial charge < -0.3 is 4.98 Å². The normalized spacial score (nSPS) is 14.2. The van der Waals surface area contributed by atoms with Gasteiger partial charge >= 0.3 is 0 Å². The number of sulfone groups is 1. The second kappa shape index (κ2) is 7.84. The van der Waals surface area contributed by atoms with E-state index < -0.39 is 20.5 Å². The molecule has 2 aromatic rings. The number of carbonyl (C=O) groups excluding carboxylic acids is 1. The summed E-state index contributed by atoms with van der Waals surface area (Å²) >= 11 is 0. The van der Waals surface area contributed by atoms with Gasteiger partial charge in [-0.2, -0.15) is 0 Å². The molecule has 0 saturated heterocycles. The van der Waals surface area contributed by atoms with E-state index in [9.17, 15) is 18.4 Å². The Morgan fingerprint density at radius 1 is 1.20 bits per heavy atom. The molecule has 0 radical (unpaired) electrons. The lowest BCUT2D eigenvalue weighted by Crippen LogP contribution is -2.50. The molecule has 2 rings (SSSR count). The van der Waals surface area contributed by atoms with Crippen LogP contribution in [0.1, 0.15) is 37.9 Å². The summed E-state index contributed by atoms with van der Waals surface area (Å²) in [6.07, 6.45) is 2.16. The smallest absolute Gasteiger partial charge is 0.270 e. The van der Waals surface area contributed by atoms with Gasteiger partial charge in [0.05, 0.1) is 5.75 Å². The molecule has 0 aliphatic heterocycles. The molecule has 3 N–H and O–H groups in total. The summed E-state index contributed by atoms with van der Waals surface area (Å²) < 4.78 is 24.8. The maximum absolute atomic E-state index is 13.3. The van der Waals surface area contributed by atoms with Crippen molar-refractivity contribution in [3.63, 3.8) is 0 Å². The van der Waals surface area contributed by atoms with Crippen LogP contribution in [-0.2, 0) is 25.1 Å². The molecule has 0 saturated carbocycles. The minimum absolute atomic E-state index is 0.0761. The van der Waals surface area contributed by atoms with E-state index in [1.807, 2.05) is 13.8 Å². The average Bonchev–Trinajstić information content (AvgIpc) is 3.09. The lowest BCUT2D eigenvalue weighted by molar-refractivity contribution is -0.132. The van der Waals surface area contributed by atoms with E-state index in [0.717, 1.165) is 0 Å². The van der Waals surface area contributed by atoms with Crippen molar-refractivity contribution in [2.75, 3.05) is 0 Å². The lowest BCUT2D eigenvalue weighted by atomic mass is 9.93. The van der Waals surface area contributed by atoms with E-state index >= 15 is 0 Å². The Morgan fingerprint density at radius 2 is 1.88 bits per heavy atom. The fourth-order valence-electron chi connectivity index (χ4n) is 2.92. The highest BCUT2D eigenvalue weighted by molar-refractivity contribution is 7.92. The number of hydroxylamine groups is 1. The zero-order valence-corrected chi connectivity index (χ0v) is 15.2. The molecule has 1 aromatic carbocycles. The van der Waals surface area contributed by atoms with Gasteiger partial charge in [-0.3, -0.25) is 10.0 Å². The Labute approximate surface area is 148 Å². The molecule has 1 atom stereocenters. The van der Waals surface area contributed by atoms with Crippen molar-refractivity contribution in [2.45, 2.75) is 37.2 Å². The number of carbonyl (C=O) groups is 1. The molecular formula is C18H24N2O4S. The summed E-state index contributed by atoms with van der Waals surface area (Å²) in [7, 11) is -3.97. The highest BCUT2D eigenvalue weighted by atomic mass is 32.2. The molecule has 0 fully saturated rings. The molecule has 7 heteroatoms. The topological polar surface area (TPSA) is 99.3 Å². The van der Waals surface area contributed by atoms with Crippen LogP contribution in [0.4, 0.5) is 0 Å². The Kier molecular flexibility index (Phi) is 6.02. The monoisotopic (exact) mass is 364 g/mol. The third-order valence-corrected chi connectivity index (χ3v) is 6.69. The number of hydrogen-bond acceptors (Lipinski definition) is 4. The van der Waals surface area contributed by atoms with Crippen LogP contribution in [0.15, 0.2) is 48.7 Å². The number of H-pyrrole nitrogens is 1. The number of amides is 1. The first-order chi connectivity index (χ1) is 11.8. The number of aromatic amines is 1. The maximum atomic E-state index is 13.3. The second-order valence-electron chi connectivity index (χ2n) is 6.53. The molecule has 6 nitrogen and oxygen atoms in total. The highest BCUT2D eigenvalue weighted by Gasteiger charge is 2.52. The molecule has 1 amide bonds. The summed E-state index contributed by atoms with van der Waals surface area (Å²) in [5.41, 5.74) is 2.42. The van der Waals surface area contributed by atoms with Gasteiger partial charge in [-0.25, -0.2) is 13.9 Å². The fourth-order valence-corrected chi connectivity index (χ4v) is 5.01. The lowest BCUT2D eigenvalue weighted by Gasteiger charge is -2.31. The number of nitrogens with one attached hydrogen (secondary N) is 2. The van der Waals surface area contributed by atoms with Crippen LogP contribution in [0.5, 0.6) is 0 Å². The van der Waals surface area contributed by atoms with Gasteiger partial charge in [-0.1, -0.05) is 44.2 Å². The molecule has 136 valence electrons.